The second kappa shape index (κ2) is 16.7. The third kappa shape index (κ3) is 9.40. The predicted molar refractivity (Wildman–Crippen MR) is 185 cm³/mol. The van der Waals surface area contributed by atoms with Gasteiger partial charge in [0.25, 0.3) is 5.91 Å². The van der Waals surface area contributed by atoms with Crippen molar-refractivity contribution < 1.29 is 33.6 Å². The second-order valence-electron chi connectivity index (χ2n) is 12.8. The fourth-order valence-corrected chi connectivity index (χ4v) is 6.00. The lowest BCUT2D eigenvalue weighted by Crippen LogP contribution is -2.47. The highest BCUT2D eigenvalue weighted by atomic mass is 16.7. The molecule has 0 radical (unpaired) electrons. The molecular weight excluding hydrogens is 612 g/mol. The maximum absolute atomic E-state index is 14.4. The van der Waals surface area contributed by atoms with Crippen LogP contribution in [0.4, 0.5) is 16.2 Å². The normalized spacial score (nSPS) is 20.8. The maximum Gasteiger partial charge on any atom is 0.323 e. The molecule has 0 saturated carbocycles. The van der Waals surface area contributed by atoms with Gasteiger partial charge in [0.15, 0.2) is 11.5 Å². The number of anilines is 2. The van der Waals surface area contributed by atoms with Crippen molar-refractivity contribution in [3.63, 3.8) is 0 Å². The average molecular weight is 661 g/mol. The van der Waals surface area contributed by atoms with Gasteiger partial charge in [0.2, 0.25) is 6.79 Å². The lowest BCUT2D eigenvalue weighted by atomic mass is 10.0. The van der Waals surface area contributed by atoms with Crippen LogP contribution in [-0.4, -0.2) is 85.2 Å². The lowest BCUT2D eigenvalue weighted by Gasteiger charge is -2.36. The molecule has 3 amide bonds. The van der Waals surface area contributed by atoms with Gasteiger partial charge < -0.3 is 39.6 Å². The van der Waals surface area contributed by atoms with Gasteiger partial charge in [-0.3, -0.25) is 9.69 Å². The monoisotopic (exact) mass is 660 g/mol. The number of hydrogen-bond acceptors (Lipinski definition) is 8. The molecule has 0 aliphatic carbocycles. The molecule has 258 valence electrons. The van der Waals surface area contributed by atoms with Crippen molar-refractivity contribution in [1.82, 2.24) is 9.80 Å². The zero-order valence-corrected chi connectivity index (χ0v) is 28.3. The van der Waals surface area contributed by atoms with Crippen LogP contribution in [0.1, 0.15) is 56.0 Å². The molecule has 0 aromatic heterocycles. The topological polar surface area (TPSA) is 122 Å². The molecule has 11 nitrogen and oxygen atoms in total. The van der Waals surface area contributed by atoms with Gasteiger partial charge in [0, 0.05) is 49.6 Å². The van der Waals surface area contributed by atoms with Gasteiger partial charge in [-0.05, 0) is 76.1 Å². The van der Waals surface area contributed by atoms with Crippen molar-refractivity contribution in [3.8, 4) is 17.2 Å². The number of nitrogens with one attached hydrogen (secondary N) is 2. The van der Waals surface area contributed by atoms with Crippen molar-refractivity contribution in [2.45, 2.75) is 64.8 Å². The van der Waals surface area contributed by atoms with Crippen LogP contribution in [0.15, 0.2) is 66.7 Å². The molecule has 0 spiro atoms. The number of nitrogens with zero attached hydrogens (tertiary/aromatic N) is 2. The van der Waals surface area contributed by atoms with E-state index in [2.05, 4.69) is 41.6 Å². The molecule has 0 unspecified atom stereocenters. The minimum absolute atomic E-state index is 0.0406. The lowest BCUT2D eigenvalue weighted by molar-refractivity contribution is -0.0177. The summed E-state index contributed by atoms with van der Waals surface area (Å²) in [5, 5.41) is 15.9. The van der Waals surface area contributed by atoms with Crippen LogP contribution in [0, 0.1) is 5.92 Å². The zero-order valence-electron chi connectivity index (χ0n) is 28.3. The van der Waals surface area contributed by atoms with Gasteiger partial charge in [-0.25, -0.2) is 4.79 Å². The van der Waals surface area contributed by atoms with E-state index in [-0.39, 0.29) is 37.4 Å². The molecule has 2 aliphatic rings. The summed E-state index contributed by atoms with van der Waals surface area (Å²) in [4.78, 5) is 31.3. The zero-order chi connectivity index (χ0) is 34.0. The number of fused-ring (bicyclic) bond motifs is 2. The Hall–Kier alpha value is -4.32. The Morgan fingerprint density at radius 2 is 1.69 bits per heavy atom. The van der Waals surface area contributed by atoms with E-state index < -0.39 is 12.1 Å². The van der Waals surface area contributed by atoms with E-state index in [1.807, 2.05) is 32.0 Å². The number of aliphatic hydroxyl groups is 1. The Labute approximate surface area is 283 Å². The molecule has 0 bridgehead atoms. The van der Waals surface area contributed by atoms with Crippen molar-refractivity contribution in [1.29, 1.82) is 0 Å². The van der Waals surface area contributed by atoms with Crippen LogP contribution >= 0.6 is 0 Å². The number of carbonyl (C=O) groups excluding carboxylic acids is 2. The first kappa shape index (κ1) is 35.0. The van der Waals surface area contributed by atoms with Crippen molar-refractivity contribution in [3.05, 3.63) is 77.9 Å². The van der Waals surface area contributed by atoms with Crippen LogP contribution in [0.5, 0.6) is 17.2 Å². The van der Waals surface area contributed by atoms with Crippen LogP contribution in [0.25, 0.3) is 0 Å². The summed E-state index contributed by atoms with van der Waals surface area (Å²) in [5.41, 5.74) is 2.49. The summed E-state index contributed by atoms with van der Waals surface area (Å²) in [5.74, 6) is 1.27. The number of urea groups is 1. The first-order chi connectivity index (χ1) is 23.2. The van der Waals surface area contributed by atoms with E-state index in [0.717, 1.165) is 25.8 Å². The number of rotatable bonds is 8. The Balaban J connectivity index is 1.36. The van der Waals surface area contributed by atoms with Gasteiger partial charge in [-0.15, -0.1) is 0 Å². The number of carbonyl (C=O) groups is 2. The highest BCUT2D eigenvalue weighted by Crippen LogP contribution is 2.34. The Morgan fingerprint density at radius 1 is 0.979 bits per heavy atom. The van der Waals surface area contributed by atoms with Gasteiger partial charge in [0.05, 0.1) is 30.4 Å². The van der Waals surface area contributed by atoms with E-state index in [1.165, 1.54) is 5.56 Å². The van der Waals surface area contributed by atoms with Gasteiger partial charge in [0.1, 0.15) is 5.75 Å². The predicted octanol–water partition coefficient (Wildman–Crippen LogP) is 5.99. The second-order valence-corrected chi connectivity index (χ2v) is 12.8. The molecular formula is C37H48N4O7. The molecule has 3 aromatic rings. The molecule has 11 heteroatoms. The number of amides is 3. The largest absolute Gasteiger partial charge is 0.490 e. The summed E-state index contributed by atoms with van der Waals surface area (Å²) >= 11 is 0. The average Bonchev–Trinajstić information content (AvgIpc) is 3.54. The van der Waals surface area contributed by atoms with E-state index in [4.69, 9.17) is 18.9 Å². The smallest absolute Gasteiger partial charge is 0.323 e. The third-order valence-electron chi connectivity index (χ3n) is 8.73. The standard InChI is InChI=1S/C37H48N4O7/c1-25-20-41(26(2)23-42)36(43)31-18-29(38-37(44)39-30-14-16-33-34(19-30)47-24-46-33)13-15-32(31)48-27(3)10-8-9-17-45-35(25)22-40(4)21-28-11-6-5-7-12-28/h5-7,11-16,18-19,25-27,35,42H,8-10,17,20-24H2,1-4H3,(H2,38,39,44)/t25-,26+,27+,35+/m0/s1. The molecule has 3 aromatic carbocycles. The summed E-state index contributed by atoms with van der Waals surface area (Å²) in [6, 6.07) is 19.6. The van der Waals surface area contributed by atoms with Crippen LogP contribution in [-0.2, 0) is 11.3 Å². The molecule has 4 atom stereocenters. The molecule has 0 saturated heterocycles. The first-order valence-corrected chi connectivity index (χ1v) is 16.7. The van der Waals surface area contributed by atoms with E-state index in [0.29, 0.717) is 53.9 Å². The molecule has 48 heavy (non-hydrogen) atoms. The quantitative estimate of drug-likeness (QED) is 0.270. The van der Waals surface area contributed by atoms with Gasteiger partial charge in [-0.2, -0.15) is 0 Å². The molecule has 2 aliphatic heterocycles. The number of benzene rings is 3. The Morgan fingerprint density at radius 3 is 2.44 bits per heavy atom. The van der Waals surface area contributed by atoms with E-state index in [9.17, 15) is 14.7 Å². The third-order valence-corrected chi connectivity index (χ3v) is 8.73. The van der Waals surface area contributed by atoms with Crippen LogP contribution in [0.3, 0.4) is 0 Å². The number of likely N-dealkylation sites (N-methyl/N-ethyl adjacent to an activating group) is 1. The SMILES string of the molecule is C[C@@H]1CCCCO[C@H](CN(C)Cc2ccccc2)[C@@H](C)CN([C@H](C)CO)C(=O)c2cc(NC(=O)Nc3ccc4c(c3)OCO4)ccc2O1. The van der Waals surface area contributed by atoms with Crippen LogP contribution in [0.2, 0.25) is 0 Å². The molecule has 3 N–H and O–H groups in total. The highest BCUT2D eigenvalue weighted by molar-refractivity contribution is 6.02. The fraction of sp³-hybridized carbons (Fsp3) is 0.459. The van der Waals surface area contributed by atoms with Crippen LogP contribution < -0.4 is 24.8 Å². The fourth-order valence-electron chi connectivity index (χ4n) is 6.00. The first-order valence-electron chi connectivity index (χ1n) is 16.7. The van der Waals surface area contributed by atoms with E-state index in [1.54, 1.807) is 41.3 Å². The number of ether oxygens (including phenoxy) is 4. The maximum atomic E-state index is 14.4. The summed E-state index contributed by atoms with van der Waals surface area (Å²) < 4.78 is 23.6. The van der Waals surface area contributed by atoms with Crippen molar-refractivity contribution in [2.24, 2.45) is 5.92 Å². The Bertz CT molecular complexity index is 1520. The summed E-state index contributed by atoms with van der Waals surface area (Å²) in [6.07, 6.45) is 2.31. The number of hydrogen-bond donors (Lipinski definition) is 3. The molecule has 2 heterocycles. The van der Waals surface area contributed by atoms with Gasteiger partial charge in [-0.1, -0.05) is 37.3 Å². The summed E-state index contributed by atoms with van der Waals surface area (Å²) in [6.45, 7) is 8.29. The number of aliphatic hydroxyl groups excluding tert-OH is 1. The van der Waals surface area contributed by atoms with E-state index >= 15 is 0 Å². The minimum atomic E-state index is -0.481. The molecule has 0 fully saturated rings. The Kier molecular flexibility index (Phi) is 12.2. The molecule has 5 rings (SSSR count). The van der Waals surface area contributed by atoms with Gasteiger partial charge >= 0.3 is 6.03 Å². The minimum Gasteiger partial charge on any atom is -0.490 e. The van der Waals surface area contributed by atoms with Crippen molar-refractivity contribution in [2.75, 3.05) is 50.8 Å². The summed E-state index contributed by atoms with van der Waals surface area (Å²) in [7, 11) is 2.08. The highest BCUT2D eigenvalue weighted by Gasteiger charge is 2.30. The van der Waals surface area contributed by atoms with Crippen molar-refractivity contribution >= 4 is 23.3 Å².